The molecule has 0 heterocycles. The Labute approximate surface area is 159 Å². The van der Waals surface area contributed by atoms with Crippen molar-refractivity contribution < 1.29 is 27.8 Å². The largest absolute Gasteiger partial charge is 0.490 e. The number of aryl methyl sites for hydroxylation is 1. The van der Waals surface area contributed by atoms with E-state index in [9.17, 15) is 13.2 Å². The van der Waals surface area contributed by atoms with Crippen LogP contribution in [-0.2, 0) is 21.2 Å². The third-order valence-electron chi connectivity index (χ3n) is 3.70. The lowest BCUT2D eigenvalue weighted by molar-refractivity contribution is -0.136. The fraction of sp³-hybridized carbons (Fsp3) is 0.316. The van der Waals surface area contributed by atoms with E-state index in [2.05, 4.69) is 4.72 Å². The minimum atomic E-state index is -3.30. The van der Waals surface area contributed by atoms with Gasteiger partial charge in [-0.15, -0.1) is 0 Å². The normalized spacial score (nSPS) is 11.0. The molecule has 0 saturated heterocycles. The van der Waals surface area contributed by atoms with Crippen molar-refractivity contribution >= 4 is 21.7 Å². The van der Waals surface area contributed by atoms with E-state index in [1.165, 1.54) is 0 Å². The highest BCUT2D eigenvalue weighted by Crippen LogP contribution is 2.20. The zero-order valence-corrected chi connectivity index (χ0v) is 15.9. The van der Waals surface area contributed by atoms with Crippen LogP contribution in [-0.4, -0.2) is 38.5 Å². The smallest absolute Gasteiger partial charge is 0.303 e. The lowest BCUT2D eigenvalue weighted by atomic mass is 10.1. The summed E-state index contributed by atoms with van der Waals surface area (Å²) in [5.41, 5.74) is 1.32. The quantitative estimate of drug-likeness (QED) is 0.569. The number of ether oxygens (including phenoxy) is 2. The maximum Gasteiger partial charge on any atom is 0.303 e. The van der Waals surface area contributed by atoms with E-state index < -0.39 is 16.0 Å². The molecule has 0 aliphatic carbocycles. The summed E-state index contributed by atoms with van der Waals surface area (Å²) in [6.45, 7) is 2.17. The number of sulfonamides is 1. The molecular formula is C19H23NO6S. The second-order valence-electron chi connectivity index (χ2n) is 5.73. The first-order valence-electron chi connectivity index (χ1n) is 8.55. The minimum absolute atomic E-state index is 0.0104. The maximum atomic E-state index is 11.5. The summed E-state index contributed by atoms with van der Waals surface area (Å²) in [6, 6.07) is 13.9. The number of nitrogens with one attached hydrogen (secondary N) is 1. The lowest BCUT2D eigenvalue weighted by Crippen LogP contribution is -2.14. The van der Waals surface area contributed by atoms with E-state index >= 15 is 0 Å². The van der Waals surface area contributed by atoms with Gasteiger partial charge in [0, 0.05) is 12.1 Å². The zero-order chi connectivity index (χ0) is 19.7. The van der Waals surface area contributed by atoms with E-state index in [-0.39, 0.29) is 12.2 Å². The van der Waals surface area contributed by atoms with Crippen LogP contribution >= 0.6 is 0 Å². The van der Waals surface area contributed by atoms with Crippen molar-refractivity contribution in [2.75, 3.05) is 23.7 Å². The molecule has 2 aromatic carbocycles. The Morgan fingerprint density at radius 2 is 1.70 bits per heavy atom. The number of benzene rings is 2. The Balaban J connectivity index is 1.81. The number of aliphatic carboxylic acids is 1. The van der Waals surface area contributed by atoms with Crippen LogP contribution in [0, 0.1) is 0 Å². The monoisotopic (exact) mass is 393 g/mol. The summed E-state index contributed by atoms with van der Waals surface area (Å²) >= 11 is 0. The summed E-state index contributed by atoms with van der Waals surface area (Å²) in [6.07, 6.45) is 0.451. The lowest BCUT2D eigenvalue weighted by Gasteiger charge is -2.12. The standard InChI is InChI=1S/C19H23NO6S/c1-2-27(23,24)20-16-8-10-17(11-9-16)25-13-14-26-18-6-4-3-5-15(18)7-12-19(21)22/h3-6,8-11,20H,2,7,12-14H2,1H3,(H,21,22). The highest BCUT2D eigenvalue weighted by atomic mass is 32.2. The van der Waals surface area contributed by atoms with Gasteiger partial charge in [-0.2, -0.15) is 0 Å². The van der Waals surface area contributed by atoms with Gasteiger partial charge >= 0.3 is 5.97 Å². The Morgan fingerprint density at radius 3 is 2.37 bits per heavy atom. The number of rotatable bonds is 11. The third-order valence-corrected chi connectivity index (χ3v) is 5.00. The molecule has 0 aliphatic rings. The Kier molecular flexibility index (Phi) is 7.48. The van der Waals surface area contributed by atoms with Crippen LogP contribution < -0.4 is 14.2 Å². The number of hydrogen-bond donors (Lipinski definition) is 2. The number of hydrogen-bond acceptors (Lipinski definition) is 5. The number of carbonyl (C=O) groups is 1. The van der Waals surface area contributed by atoms with E-state index in [0.29, 0.717) is 36.8 Å². The molecule has 146 valence electrons. The van der Waals surface area contributed by atoms with E-state index in [1.807, 2.05) is 18.2 Å². The van der Waals surface area contributed by atoms with E-state index in [0.717, 1.165) is 5.56 Å². The SMILES string of the molecule is CCS(=O)(=O)Nc1ccc(OCCOc2ccccc2CCC(=O)O)cc1. The molecule has 0 fully saturated rings. The highest BCUT2D eigenvalue weighted by Gasteiger charge is 2.07. The Bertz CT molecular complexity index is 849. The summed E-state index contributed by atoms with van der Waals surface area (Å²) in [7, 11) is -3.30. The van der Waals surface area contributed by atoms with Crippen LogP contribution in [0.4, 0.5) is 5.69 Å². The van der Waals surface area contributed by atoms with Crippen LogP contribution in [0.5, 0.6) is 11.5 Å². The molecule has 0 spiro atoms. The predicted molar refractivity (Wildman–Crippen MR) is 103 cm³/mol. The minimum Gasteiger partial charge on any atom is -0.490 e. The van der Waals surface area contributed by atoms with Crippen LogP contribution in [0.2, 0.25) is 0 Å². The fourth-order valence-electron chi connectivity index (χ4n) is 2.27. The first kappa shape index (κ1) is 20.6. The van der Waals surface area contributed by atoms with Gasteiger partial charge in [-0.25, -0.2) is 8.42 Å². The first-order chi connectivity index (χ1) is 12.9. The van der Waals surface area contributed by atoms with Crippen LogP contribution in [0.15, 0.2) is 48.5 Å². The maximum absolute atomic E-state index is 11.5. The fourth-order valence-corrected chi connectivity index (χ4v) is 2.91. The number of carboxylic acid groups (broad SMARTS) is 1. The van der Waals surface area contributed by atoms with Crippen molar-refractivity contribution in [1.82, 2.24) is 0 Å². The summed E-state index contributed by atoms with van der Waals surface area (Å²) in [4.78, 5) is 10.7. The van der Waals surface area contributed by atoms with Gasteiger partial charge in [-0.3, -0.25) is 9.52 Å². The predicted octanol–water partition coefficient (Wildman–Crippen LogP) is 2.92. The van der Waals surface area contributed by atoms with Crippen LogP contribution in [0.1, 0.15) is 18.9 Å². The second kappa shape index (κ2) is 9.82. The van der Waals surface area contributed by atoms with Crippen molar-refractivity contribution in [3.8, 4) is 11.5 Å². The van der Waals surface area contributed by atoms with Gasteiger partial charge in [0.2, 0.25) is 10.0 Å². The van der Waals surface area contributed by atoms with Gasteiger partial charge in [0.25, 0.3) is 0 Å². The topological polar surface area (TPSA) is 102 Å². The first-order valence-corrected chi connectivity index (χ1v) is 10.2. The number of para-hydroxylation sites is 1. The summed E-state index contributed by atoms with van der Waals surface area (Å²) in [5, 5.41) is 8.80. The van der Waals surface area contributed by atoms with Gasteiger partial charge in [0.05, 0.1) is 5.75 Å². The third kappa shape index (κ3) is 7.18. The summed E-state index contributed by atoms with van der Waals surface area (Å²) < 4.78 is 36.8. The molecule has 8 heteroatoms. The van der Waals surface area contributed by atoms with Gasteiger partial charge in [0.15, 0.2) is 0 Å². The van der Waals surface area contributed by atoms with Crippen molar-refractivity contribution in [1.29, 1.82) is 0 Å². The number of carboxylic acids is 1. The molecule has 7 nitrogen and oxygen atoms in total. The Hall–Kier alpha value is -2.74. The number of anilines is 1. The highest BCUT2D eigenvalue weighted by molar-refractivity contribution is 7.92. The van der Waals surface area contributed by atoms with E-state index in [1.54, 1.807) is 37.3 Å². The molecular weight excluding hydrogens is 370 g/mol. The van der Waals surface area contributed by atoms with Gasteiger partial charge in [-0.05, 0) is 49.2 Å². The van der Waals surface area contributed by atoms with Crippen molar-refractivity contribution in [3.05, 3.63) is 54.1 Å². The molecule has 0 aliphatic heterocycles. The Morgan fingerprint density at radius 1 is 1.04 bits per heavy atom. The van der Waals surface area contributed by atoms with Gasteiger partial charge in [0.1, 0.15) is 24.7 Å². The average Bonchev–Trinajstić information content (AvgIpc) is 2.65. The van der Waals surface area contributed by atoms with Crippen molar-refractivity contribution in [2.45, 2.75) is 19.8 Å². The molecule has 0 atom stereocenters. The second-order valence-corrected chi connectivity index (χ2v) is 7.74. The zero-order valence-electron chi connectivity index (χ0n) is 15.1. The molecule has 0 unspecified atom stereocenters. The molecule has 27 heavy (non-hydrogen) atoms. The van der Waals surface area contributed by atoms with Gasteiger partial charge in [-0.1, -0.05) is 18.2 Å². The van der Waals surface area contributed by atoms with Crippen LogP contribution in [0.25, 0.3) is 0 Å². The van der Waals surface area contributed by atoms with E-state index in [4.69, 9.17) is 14.6 Å². The van der Waals surface area contributed by atoms with Crippen LogP contribution in [0.3, 0.4) is 0 Å². The molecule has 0 bridgehead atoms. The molecule has 0 radical (unpaired) electrons. The molecule has 0 saturated carbocycles. The molecule has 2 N–H and O–H groups in total. The average molecular weight is 393 g/mol. The van der Waals surface area contributed by atoms with Gasteiger partial charge < -0.3 is 14.6 Å². The van der Waals surface area contributed by atoms with Crippen molar-refractivity contribution in [2.24, 2.45) is 0 Å². The van der Waals surface area contributed by atoms with Crippen molar-refractivity contribution in [3.63, 3.8) is 0 Å². The molecule has 2 aromatic rings. The molecule has 2 rings (SSSR count). The summed E-state index contributed by atoms with van der Waals surface area (Å²) in [5.74, 6) is 0.401. The molecule has 0 aromatic heterocycles. The molecule has 0 amide bonds.